The number of amides is 1. The maximum atomic E-state index is 11.8. The van der Waals surface area contributed by atoms with Crippen molar-refractivity contribution in [3.63, 3.8) is 0 Å². The first-order valence-corrected chi connectivity index (χ1v) is 10.6. The van der Waals surface area contributed by atoms with E-state index < -0.39 is 6.09 Å². The van der Waals surface area contributed by atoms with E-state index in [0.29, 0.717) is 6.61 Å². The Labute approximate surface area is 179 Å². The van der Waals surface area contributed by atoms with Crippen LogP contribution in [0.2, 0.25) is 0 Å². The van der Waals surface area contributed by atoms with Crippen molar-refractivity contribution < 1.29 is 14.3 Å². The first kappa shape index (κ1) is 21.3. The van der Waals surface area contributed by atoms with Crippen molar-refractivity contribution in [3.8, 4) is 5.75 Å². The van der Waals surface area contributed by atoms with Gasteiger partial charge in [0.2, 0.25) is 0 Å². The maximum Gasteiger partial charge on any atom is 0.407 e. The Morgan fingerprint density at radius 1 is 1.12 bits per heavy atom. The van der Waals surface area contributed by atoms with Gasteiger partial charge in [-0.1, -0.05) is 46.3 Å². The van der Waals surface area contributed by atoms with E-state index in [0.717, 1.165) is 37.6 Å². The van der Waals surface area contributed by atoms with Crippen LogP contribution in [-0.4, -0.2) is 18.7 Å². The molecule has 0 bridgehead atoms. The summed E-state index contributed by atoms with van der Waals surface area (Å²) >= 11 is 10.4. The van der Waals surface area contributed by atoms with E-state index in [1.807, 2.05) is 49.4 Å². The van der Waals surface area contributed by atoms with E-state index in [1.165, 1.54) is 0 Å². The Morgan fingerprint density at radius 3 is 2.42 bits per heavy atom. The molecule has 0 radical (unpaired) electrons. The van der Waals surface area contributed by atoms with Crippen molar-refractivity contribution in [2.24, 2.45) is 0 Å². The summed E-state index contributed by atoms with van der Waals surface area (Å²) in [4.78, 5) is 11.8. The molecule has 0 spiro atoms. The molecule has 0 aliphatic carbocycles. The number of alkyl carbamates (subject to hydrolysis) is 1. The van der Waals surface area contributed by atoms with Gasteiger partial charge in [-0.15, -0.1) is 0 Å². The van der Waals surface area contributed by atoms with E-state index >= 15 is 0 Å². The highest BCUT2D eigenvalue weighted by Crippen LogP contribution is 2.36. The number of hydrogen-bond acceptors (Lipinski definition) is 3. The van der Waals surface area contributed by atoms with Crippen molar-refractivity contribution in [1.29, 1.82) is 0 Å². The SMILES string of the molecule is CC(CCCOc1c(Br)cc(Br)cc1Br)NC(=O)OCc1ccccc1. The first-order valence-electron chi connectivity index (χ1n) is 8.20. The third kappa shape index (κ3) is 7.29. The molecule has 1 unspecified atom stereocenters. The lowest BCUT2D eigenvalue weighted by Gasteiger charge is -2.15. The summed E-state index contributed by atoms with van der Waals surface area (Å²) in [7, 11) is 0. The van der Waals surface area contributed by atoms with Gasteiger partial charge in [0.25, 0.3) is 0 Å². The number of carbonyl (C=O) groups excluding carboxylic acids is 1. The zero-order valence-electron chi connectivity index (χ0n) is 14.3. The van der Waals surface area contributed by atoms with Gasteiger partial charge in [-0.25, -0.2) is 4.79 Å². The van der Waals surface area contributed by atoms with Crippen LogP contribution in [0.25, 0.3) is 0 Å². The van der Waals surface area contributed by atoms with Crippen molar-refractivity contribution in [3.05, 3.63) is 61.4 Å². The molecular weight excluding hydrogens is 530 g/mol. The fourth-order valence-corrected chi connectivity index (χ4v) is 4.76. The molecule has 1 amide bonds. The molecule has 1 atom stereocenters. The number of carbonyl (C=O) groups is 1. The zero-order chi connectivity index (χ0) is 18.9. The summed E-state index contributed by atoms with van der Waals surface area (Å²) in [6, 6.07) is 13.5. The van der Waals surface area contributed by atoms with Crippen LogP contribution in [0.5, 0.6) is 5.75 Å². The third-order valence-electron chi connectivity index (χ3n) is 3.57. The second kappa shape index (κ2) is 10.9. The molecule has 0 saturated heterocycles. The fraction of sp³-hybridized carbons (Fsp3) is 0.316. The van der Waals surface area contributed by atoms with Gasteiger partial charge in [-0.3, -0.25) is 0 Å². The molecule has 140 valence electrons. The summed E-state index contributed by atoms with van der Waals surface area (Å²) < 4.78 is 13.8. The lowest BCUT2D eigenvalue weighted by Crippen LogP contribution is -2.33. The average molecular weight is 550 g/mol. The predicted molar refractivity (Wildman–Crippen MR) is 113 cm³/mol. The molecule has 2 aromatic rings. The van der Waals surface area contributed by atoms with Gasteiger partial charge in [-0.05, 0) is 69.3 Å². The molecule has 0 aliphatic heterocycles. The maximum absolute atomic E-state index is 11.8. The molecule has 2 rings (SSSR count). The van der Waals surface area contributed by atoms with E-state index in [2.05, 4.69) is 53.1 Å². The topological polar surface area (TPSA) is 47.6 Å². The van der Waals surface area contributed by atoms with Crippen LogP contribution < -0.4 is 10.1 Å². The summed E-state index contributed by atoms with van der Waals surface area (Å²) in [5, 5.41) is 2.84. The van der Waals surface area contributed by atoms with Crippen molar-refractivity contribution >= 4 is 53.9 Å². The zero-order valence-corrected chi connectivity index (χ0v) is 19.1. The van der Waals surface area contributed by atoms with Crippen LogP contribution >= 0.6 is 47.8 Å². The number of nitrogens with one attached hydrogen (secondary N) is 1. The van der Waals surface area contributed by atoms with Gasteiger partial charge < -0.3 is 14.8 Å². The molecule has 26 heavy (non-hydrogen) atoms. The number of halogens is 3. The minimum Gasteiger partial charge on any atom is -0.491 e. The summed E-state index contributed by atoms with van der Waals surface area (Å²) in [5.74, 6) is 0.774. The van der Waals surface area contributed by atoms with E-state index in [-0.39, 0.29) is 12.6 Å². The molecule has 0 fully saturated rings. The lowest BCUT2D eigenvalue weighted by atomic mass is 10.2. The molecule has 0 aromatic heterocycles. The number of hydrogen-bond donors (Lipinski definition) is 1. The Hall–Kier alpha value is -1.05. The van der Waals surface area contributed by atoms with Crippen molar-refractivity contribution in [2.75, 3.05) is 6.61 Å². The summed E-state index contributed by atoms with van der Waals surface area (Å²) in [6.07, 6.45) is 1.21. The summed E-state index contributed by atoms with van der Waals surface area (Å²) in [5.41, 5.74) is 0.967. The fourth-order valence-electron chi connectivity index (χ4n) is 2.27. The predicted octanol–water partition coefficient (Wildman–Crippen LogP) is 6.45. The molecule has 0 saturated carbocycles. The number of ether oxygens (including phenoxy) is 2. The monoisotopic (exact) mass is 547 g/mol. The van der Waals surface area contributed by atoms with Gasteiger partial charge in [0.1, 0.15) is 12.4 Å². The molecule has 4 nitrogen and oxygen atoms in total. The van der Waals surface area contributed by atoms with Gasteiger partial charge in [0.15, 0.2) is 0 Å². The van der Waals surface area contributed by atoms with Crippen LogP contribution in [0.4, 0.5) is 4.79 Å². The standard InChI is InChI=1S/C19H20Br3NO3/c1-13(23-19(24)26-12-14-7-3-2-4-8-14)6-5-9-25-18-16(21)10-15(20)11-17(18)22/h2-4,7-8,10-11,13H,5-6,9,12H2,1H3,(H,23,24). The van der Waals surface area contributed by atoms with Crippen LogP contribution in [0.1, 0.15) is 25.3 Å². The van der Waals surface area contributed by atoms with Gasteiger partial charge in [0, 0.05) is 10.5 Å². The third-order valence-corrected chi connectivity index (χ3v) is 5.20. The Kier molecular flexibility index (Phi) is 8.95. The van der Waals surface area contributed by atoms with Crippen LogP contribution in [0, 0.1) is 0 Å². The highest BCUT2D eigenvalue weighted by atomic mass is 79.9. The minimum atomic E-state index is -0.402. The average Bonchev–Trinajstić information content (AvgIpc) is 2.59. The van der Waals surface area contributed by atoms with Crippen LogP contribution in [0.15, 0.2) is 55.9 Å². The van der Waals surface area contributed by atoms with Crippen molar-refractivity contribution in [2.45, 2.75) is 32.4 Å². The second-order valence-electron chi connectivity index (χ2n) is 5.80. The van der Waals surface area contributed by atoms with Crippen LogP contribution in [-0.2, 0) is 11.3 Å². The van der Waals surface area contributed by atoms with E-state index in [1.54, 1.807) is 0 Å². The largest absolute Gasteiger partial charge is 0.491 e. The highest BCUT2D eigenvalue weighted by Gasteiger charge is 2.10. The van der Waals surface area contributed by atoms with Crippen molar-refractivity contribution in [1.82, 2.24) is 5.32 Å². The quantitative estimate of drug-likeness (QED) is 0.385. The highest BCUT2D eigenvalue weighted by molar-refractivity contribution is 9.11. The van der Waals surface area contributed by atoms with E-state index in [4.69, 9.17) is 9.47 Å². The number of benzene rings is 2. The van der Waals surface area contributed by atoms with Gasteiger partial charge >= 0.3 is 6.09 Å². The summed E-state index contributed by atoms with van der Waals surface area (Å²) in [6.45, 7) is 2.78. The van der Waals surface area contributed by atoms with Gasteiger partial charge in [-0.2, -0.15) is 0 Å². The smallest absolute Gasteiger partial charge is 0.407 e. The minimum absolute atomic E-state index is 0.0127. The molecule has 1 N–H and O–H groups in total. The molecule has 2 aromatic carbocycles. The van der Waals surface area contributed by atoms with E-state index in [9.17, 15) is 4.79 Å². The Morgan fingerprint density at radius 2 is 1.77 bits per heavy atom. The molecule has 7 heteroatoms. The van der Waals surface area contributed by atoms with Gasteiger partial charge in [0.05, 0.1) is 15.6 Å². The Balaban J connectivity index is 1.66. The molecule has 0 aliphatic rings. The normalized spacial score (nSPS) is 11.7. The molecular formula is C19H20Br3NO3. The first-order chi connectivity index (χ1) is 12.5. The van der Waals surface area contributed by atoms with Crippen LogP contribution in [0.3, 0.4) is 0 Å². The lowest BCUT2D eigenvalue weighted by molar-refractivity contribution is 0.135. The molecule has 0 heterocycles. The number of rotatable bonds is 8. The Bertz CT molecular complexity index is 702. The second-order valence-corrected chi connectivity index (χ2v) is 8.42.